The Kier molecular flexibility index (Phi) is 4.98. The molecular formula is C14H22N2O. The molecule has 3 nitrogen and oxygen atoms in total. The zero-order valence-corrected chi connectivity index (χ0v) is 10.3. The lowest BCUT2D eigenvalue weighted by molar-refractivity contribution is 0.104. The third-order valence-corrected chi connectivity index (χ3v) is 3.25. The summed E-state index contributed by atoms with van der Waals surface area (Å²) in [6.07, 6.45) is 4.07. The van der Waals surface area contributed by atoms with Crippen LogP contribution in [0.3, 0.4) is 0 Å². The maximum absolute atomic E-state index is 5.58. The Balaban J connectivity index is 1.63. The van der Waals surface area contributed by atoms with Crippen LogP contribution >= 0.6 is 0 Å². The fourth-order valence-corrected chi connectivity index (χ4v) is 2.16. The summed E-state index contributed by atoms with van der Waals surface area (Å²) in [6, 6.07) is 8.47. The van der Waals surface area contributed by atoms with Crippen molar-refractivity contribution in [2.45, 2.75) is 38.5 Å². The molecule has 0 spiro atoms. The highest BCUT2D eigenvalue weighted by Crippen LogP contribution is 2.14. The van der Waals surface area contributed by atoms with Crippen LogP contribution in [0.25, 0.3) is 0 Å². The van der Waals surface area contributed by atoms with E-state index in [1.54, 1.807) is 0 Å². The fourth-order valence-electron chi connectivity index (χ4n) is 2.16. The normalized spacial score (nSPS) is 19.7. The van der Waals surface area contributed by atoms with Crippen LogP contribution in [-0.4, -0.2) is 19.3 Å². The predicted octanol–water partition coefficient (Wildman–Crippen LogP) is 1.80. The van der Waals surface area contributed by atoms with Gasteiger partial charge in [0, 0.05) is 19.7 Å². The van der Waals surface area contributed by atoms with E-state index in [9.17, 15) is 0 Å². The minimum absolute atomic E-state index is 0.488. The number of rotatable bonds is 6. The third-order valence-electron chi connectivity index (χ3n) is 3.25. The first-order valence-corrected chi connectivity index (χ1v) is 6.48. The lowest BCUT2D eigenvalue weighted by atomic mass is 10.1. The van der Waals surface area contributed by atoms with Gasteiger partial charge in [-0.05, 0) is 36.9 Å². The van der Waals surface area contributed by atoms with Gasteiger partial charge in [-0.1, -0.05) is 24.3 Å². The Morgan fingerprint density at radius 3 is 2.65 bits per heavy atom. The van der Waals surface area contributed by atoms with Crippen LogP contribution in [0.2, 0.25) is 0 Å². The van der Waals surface area contributed by atoms with Crippen LogP contribution in [-0.2, 0) is 17.8 Å². The summed E-state index contributed by atoms with van der Waals surface area (Å²) < 4.78 is 5.58. The van der Waals surface area contributed by atoms with Crippen LogP contribution < -0.4 is 11.1 Å². The molecule has 1 heterocycles. The first-order chi connectivity index (χ1) is 8.38. The molecule has 1 saturated heterocycles. The lowest BCUT2D eigenvalue weighted by Crippen LogP contribution is -2.19. The van der Waals surface area contributed by atoms with Crippen LogP contribution in [0.5, 0.6) is 0 Å². The highest BCUT2D eigenvalue weighted by molar-refractivity contribution is 5.22. The second-order valence-electron chi connectivity index (χ2n) is 4.62. The molecule has 2 rings (SSSR count). The molecule has 94 valence electrons. The van der Waals surface area contributed by atoms with Crippen molar-refractivity contribution in [1.82, 2.24) is 5.32 Å². The van der Waals surface area contributed by atoms with E-state index < -0.39 is 0 Å². The standard InChI is InChI=1S/C14H22N2O/c15-10-12-3-5-13(6-4-12)11-16-8-7-14-2-1-9-17-14/h3-6,14,16H,1-2,7-11,15H2. The smallest absolute Gasteiger partial charge is 0.0588 e. The zero-order valence-electron chi connectivity index (χ0n) is 10.3. The highest BCUT2D eigenvalue weighted by Gasteiger charge is 2.14. The van der Waals surface area contributed by atoms with Crippen molar-refractivity contribution in [1.29, 1.82) is 0 Å². The van der Waals surface area contributed by atoms with Crippen LogP contribution in [0.15, 0.2) is 24.3 Å². The third kappa shape index (κ3) is 4.11. The van der Waals surface area contributed by atoms with Gasteiger partial charge in [0.15, 0.2) is 0 Å². The van der Waals surface area contributed by atoms with Gasteiger partial charge in [0.1, 0.15) is 0 Å². The molecule has 1 aromatic carbocycles. The van der Waals surface area contributed by atoms with Gasteiger partial charge >= 0.3 is 0 Å². The summed E-state index contributed by atoms with van der Waals surface area (Å²) >= 11 is 0. The molecule has 1 aliphatic heterocycles. The van der Waals surface area contributed by atoms with Crippen molar-refractivity contribution in [3.05, 3.63) is 35.4 Å². The molecule has 3 heteroatoms. The van der Waals surface area contributed by atoms with Gasteiger partial charge in [-0.2, -0.15) is 0 Å². The summed E-state index contributed by atoms with van der Waals surface area (Å²) in [5.74, 6) is 0. The molecule has 1 aliphatic rings. The average Bonchev–Trinajstić information content (AvgIpc) is 2.88. The van der Waals surface area contributed by atoms with E-state index in [4.69, 9.17) is 10.5 Å². The van der Waals surface area contributed by atoms with Gasteiger partial charge in [0.05, 0.1) is 6.10 Å². The van der Waals surface area contributed by atoms with Crippen LogP contribution in [0.1, 0.15) is 30.4 Å². The molecule has 0 bridgehead atoms. The molecule has 0 amide bonds. The second kappa shape index (κ2) is 6.74. The minimum atomic E-state index is 0.488. The Bertz CT molecular complexity index is 317. The van der Waals surface area contributed by atoms with Crippen molar-refractivity contribution in [2.24, 2.45) is 5.73 Å². The molecule has 3 N–H and O–H groups in total. The maximum Gasteiger partial charge on any atom is 0.0588 e. The van der Waals surface area contributed by atoms with Gasteiger partial charge in [0.2, 0.25) is 0 Å². The monoisotopic (exact) mass is 234 g/mol. The quantitative estimate of drug-likeness (QED) is 0.738. The predicted molar refractivity (Wildman–Crippen MR) is 69.6 cm³/mol. The molecule has 1 atom stereocenters. The molecule has 0 radical (unpaired) electrons. The van der Waals surface area contributed by atoms with Crippen molar-refractivity contribution < 1.29 is 4.74 Å². The van der Waals surface area contributed by atoms with E-state index in [-0.39, 0.29) is 0 Å². The summed E-state index contributed by atoms with van der Waals surface area (Å²) in [5, 5.41) is 3.45. The van der Waals surface area contributed by atoms with E-state index >= 15 is 0 Å². The van der Waals surface area contributed by atoms with Gasteiger partial charge in [-0.3, -0.25) is 0 Å². The largest absolute Gasteiger partial charge is 0.378 e. The van der Waals surface area contributed by atoms with E-state index in [0.717, 1.165) is 26.1 Å². The number of benzene rings is 1. The molecular weight excluding hydrogens is 212 g/mol. The number of ether oxygens (including phenoxy) is 1. The lowest BCUT2D eigenvalue weighted by Gasteiger charge is -2.10. The van der Waals surface area contributed by atoms with E-state index in [2.05, 4.69) is 29.6 Å². The van der Waals surface area contributed by atoms with E-state index in [1.807, 2.05) is 0 Å². The van der Waals surface area contributed by atoms with Crippen molar-refractivity contribution in [2.75, 3.05) is 13.2 Å². The van der Waals surface area contributed by atoms with Crippen molar-refractivity contribution in [3.63, 3.8) is 0 Å². The first kappa shape index (κ1) is 12.6. The van der Waals surface area contributed by atoms with E-state index in [0.29, 0.717) is 12.6 Å². The number of hydrogen-bond donors (Lipinski definition) is 2. The Hall–Kier alpha value is -0.900. The minimum Gasteiger partial charge on any atom is -0.378 e. The van der Waals surface area contributed by atoms with Gasteiger partial charge in [0.25, 0.3) is 0 Å². The molecule has 1 unspecified atom stereocenters. The number of hydrogen-bond acceptors (Lipinski definition) is 3. The maximum atomic E-state index is 5.58. The van der Waals surface area contributed by atoms with Gasteiger partial charge in [-0.25, -0.2) is 0 Å². The summed E-state index contributed by atoms with van der Waals surface area (Å²) in [7, 11) is 0. The Morgan fingerprint density at radius 1 is 1.24 bits per heavy atom. The van der Waals surface area contributed by atoms with Gasteiger partial charge in [-0.15, -0.1) is 0 Å². The summed E-state index contributed by atoms with van der Waals surface area (Å²) in [4.78, 5) is 0. The summed E-state index contributed by atoms with van der Waals surface area (Å²) in [5.41, 5.74) is 8.06. The molecule has 0 saturated carbocycles. The van der Waals surface area contributed by atoms with E-state index in [1.165, 1.54) is 24.0 Å². The molecule has 0 aliphatic carbocycles. The average molecular weight is 234 g/mol. The number of nitrogens with one attached hydrogen (secondary N) is 1. The van der Waals surface area contributed by atoms with Crippen molar-refractivity contribution in [3.8, 4) is 0 Å². The molecule has 1 fully saturated rings. The SMILES string of the molecule is NCc1ccc(CNCCC2CCCO2)cc1. The molecule has 17 heavy (non-hydrogen) atoms. The molecule has 1 aromatic rings. The topological polar surface area (TPSA) is 47.3 Å². The molecule has 0 aromatic heterocycles. The highest BCUT2D eigenvalue weighted by atomic mass is 16.5. The van der Waals surface area contributed by atoms with Crippen molar-refractivity contribution >= 4 is 0 Å². The second-order valence-corrected chi connectivity index (χ2v) is 4.62. The zero-order chi connectivity index (χ0) is 11.9. The summed E-state index contributed by atoms with van der Waals surface area (Å²) in [6.45, 7) is 3.53. The van der Waals surface area contributed by atoms with Crippen LogP contribution in [0, 0.1) is 0 Å². The van der Waals surface area contributed by atoms with Gasteiger partial charge < -0.3 is 15.8 Å². The Morgan fingerprint density at radius 2 is 2.00 bits per heavy atom. The number of nitrogens with two attached hydrogens (primary N) is 1. The Labute approximate surface area is 103 Å². The fraction of sp³-hybridized carbons (Fsp3) is 0.571. The first-order valence-electron chi connectivity index (χ1n) is 6.48. The van der Waals surface area contributed by atoms with Crippen LogP contribution in [0.4, 0.5) is 0 Å².